The number of aromatic nitrogens is 3. The van der Waals surface area contributed by atoms with Gasteiger partial charge in [0.2, 0.25) is 0 Å². The van der Waals surface area contributed by atoms with Crippen LogP contribution in [-0.4, -0.2) is 14.8 Å². The Morgan fingerprint density at radius 1 is 1.43 bits per heavy atom. The zero-order valence-electron chi connectivity index (χ0n) is 8.01. The van der Waals surface area contributed by atoms with Gasteiger partial charge in [-0.2, -0.15) is 5.10 Å². The molecular formula is C10H12N4. The molecule has 2 aromatic heterocycles. The van der Waals surface area contributed by atoms with Crippen molar-refractivity contribution in [2.24, 2.45) is 5.73 Å². The number of aryl methyl sites for hydroxylation is 1. The van der Waals surface area contributed by atoms with Crippen LogP contribution >= 0.6 is 0 Å². The average molecular weight is 188 g/mol. The van der Waals surface area contributed by atoms with Gasteiger partial charge in [-0.1, -0.05) is 6.07 Å². The van der Waals surface area contributed by atoms with E-state index in [1.54, 1.807) is 10.9 Å². The highest BCUT2D eigenvalue weighted by molar-refractivity contribution is 5.24. The molecule has 14 heavy (non-hydrogen) atoms. The number of pyridine rings is 1. The second-order valence-electron chi connectivity index (χ2n) is 3.13. The van der Waals surface area contributed by atoms with Crippen LogP contribution in [-0.2, 0) is 6.54 Å². The molecule has 2 aromatic rings. The van der Waals surface area contributed by atoms with Crippen LogP contribution in [0.15, 0.2) is 30.6 Å². The van der Waals surface area contributed by atoms with Gasteiger partial charge in [0.05, 0.1) is 6.20 Å². The van der Waals surface area contributed by atoms with Gasteiger partial charge in [-0.15, -0.1) is 0 Å². The van der Waals surface area contributed by atoms with Gasteiger partial charge in [0.1, 0.15) is 0 Å². The van der Waals surface area contributed by atoms with Crippen LogP contribution in [0.1, 0.15) is 11.3 Å². The van der Waals surface area contributed by atoms with Crippen molar-refractivity contribution in [3.63, 3.8) is 0 Å². The van der Waals surface area contributed by atoms with Crippen molar-refractivity contribution in [2.75, 3.05) is 0 Å². The summed E-state index contributed by atoms with van der Waals surface area (Å²) in [5, 5.41) is 4.17. The highest BCUT2D eigenvalue weighted by Gasteiger charge is 2.00. The Balaban J connectivity index is 2.39. The quantitative estimate of drug-likeness (QED) is 0.766. The van der Waals surface area contributed by atoms with Crippen LogP contribution in [0.4, 0.5) is 0 Å². The molecule has 0 aliphatic rings. The molecule has 0 aromatic carbocycles. The lowest BCUT2D eigenvalue weighted by atomic mass is 10.3. The molecule has 2 rings (SSSR count). The van der Waals surface area contributed by atoms with Gasteiger partial charge in [-0.05, 0) is 19.1 Å². The molecule has 4 nitrogen and oxygen atoms in total. The van der Waals surface area contributed by atoms with E-state index >= 15 is 0 Å². The number of hydrogen-bond donors (Lipinski definition) is 1. The first-order chi connectivity index (χ1) is 6.79. The minimum atomic E-state index is 0.506. The smallest absolute Gasteiger partial charge is 0.153 e. The van der Waals surface area contributed by atoms with Crippen molar-refractivity contribution in [1.82, 2.24) is 14.8 Å². The Hall–Kier alpha value is -1.68. The number of hydrogen-bond acceptors (Lipinski definition) is 3. The van der Waals surface area contributed by atoms with Crippen molar-refractivity contribution in [3.8, 4) is 5.82 Å². The van der Waals surface area contributed by atoms with E-state index < -0.39 is 0 Å². The Morgan fingerprint density at radius 3 is 2.93 bits per heavy atom. The summed E-state index contributed by atoms with van der Waals surface area (Å²) >= 11 is 0. The Labute approximate surface area is 82.4 Å². The van der Waals surface area contributed by atoms with E-state index in [4.69, 9.17) is 5.73 Å². The molecule has 0 saturated heterocycles. The van der Waals surface area contributed by atoms with Gasteiger partial charge in [-0.3, -0.25) is 0 Å². The van der Waals surface area contributed by atoms with E-state index in [1.165, 1.54) is 0 Å². The normalized spacial score (nSPS) is 10.4. The maximum Gasteiger partial charge on any atom is 0.153 e. The summed E-state index contributed by atoms with van der Waals surface area (Å²) in [4.78, 5) is 4.35. The molecule has 0 aliphatic heterocycles. The SMILES string of the molecule is Cc1cccc(-n2cc(CN)cn2)n1. The van der Waals surface area contributed by atoms with E-state index in [0.29, 0.717) is 6.54 Å². The monoisotopic (exact) mass is 188 g/mol. The van der Waals surface area contributed by atoms with E-state index in [1.807, 2.05) is 31.3 Å². The highest BCUT2D eigenvalue weighted by Crippen LogP contribution is 2.05. The summed E-state index contributed by atoms with van der Waals surface area (Å²) in [5.74, 6) is 0.824. The number of rotatable bonds is 2. The summed E-state index contributed by atoms with van der Waals surface area (Å²) < 4.78 is 1.73. The zero-order chi connectivity index (χ0) is 9.97. The fraction of sp³-hybridized carbons (Fsp3) is 0.200. The molecule has 0 saturated carbocycles. The maximum atomic E-state index is 5.50. The number of nitrogens with zero attached hydrogens (tertiary/aromatic N) is 3. The van der Waals surface area contributed by atoms with E-state index in [0.717, 1.165) is 17.1 Å². The fourth-order valence-electron chi connectivity index (χ4n) is 1.25. The Morgan fingerprint density at radius 2 is 2.29 bits per heavy atom. The molecule has 2 heterocycles. The van der Waals surface area contributed by atoms with Crippen LogP contribution in [0.2, 0.25) is 0 Å². The minimum absolute atomic E-state index is 0.506. The number of nitrogens with two attached hydrogens (primary N) is 1. The van der Waals surface area contributed by atoms with Crippen molar-refractivity contribution in [3.05, 3.63) is 41.9 Å². The van der Waals surface area contributed by atoms with E-state index in [9.17, 15) is 0 Å². The first-order valence-electron chi connectivity index (χ1n) is 4.47. The van der Waals surface area contributed by atoms with Gasteiger partial charge < -0.3 is 5.73 Å². The summed E-state index contributed by atoms with van der Waals surface area (Å²) in [5.41, 5.74) is 7.48. The van der Waals surface area contributed by atoms with Gasteiger partial charge >= 0.3 is 0 Å². The van der Waals surface area contributed by atoms with Crippen molar-refractivity contribution < 1.29 is 0 Å². The minimum Gasteiger partial charge on any atom is -0.326 e. The van der Waals surface area contributed by atoms with Gasteiger partial charge in [0.15, 0.2) is 5.82 Å². The van der Waals surface area contributed by atoms with Crippen LogP contribution < -0.4 is 5.73 Å². The average Bonchev–Trinajstić information content (AvgIpc) is 2.66. The third-order valence-corrected chi connectivity index (χ3v) is 1.98. The van der Waals surface area contributed by atoms with Crippen LogP contribution in [0, 0.1) is 6.92 Å². The summed E-state index contributed by atoms with van der Waals surface area (Å²) in [6, 6.07) is 5.83. The van der Waals surface area contributed by atoms with Crippen LogP contribution in [0.5, 0.6) is 0 Å². The standard InChI is InChI=1S/C10H12N4/c1-8-3-2-4-10(13-8)14-7-9(5-11)6-12-14/h2-4,6-7H,5,11H2,1H3. The molecule has 0 unspecified atom stereocenters. The Kier molecular flexibility index (Phi) is 2.28. The first-order valence-corrected chi connectivity index (χ1v) is 4.47. The summed E-state index contributed by atoms with van der Waals surface area (Å²) in [7, 11) is 0. The predicted molar refractivity (Wildman–Crippen MR) is 54.0 cm³/mol. The maximum absolute atomic E-state index is 5.50. The van der Waals surface area contributed by atoms with Crippen LogP contribution in [0.25, 0.3) is 5.82 Å². The van der Waals surface area contributed by atoms with Crippen LogP contribution in [0.3, 0.4) is 0 Å². The Bertz CT molecular complexity index is 433. The van der Waals surface area contributed by atoms with Gasteiger partial charge in [-0.25, -0.2) is 9.67 Å². The van der Waals surface area contributed by atoms with Crippen molar-refractivity contribution >= 4 is 0 Å². The van der Waals surface area contributed by atoms with E-state index in [-0.39, 0.29) is 0 Å². The lowest BCUT2D eigenvalue weighted by Gasteiger charge is -2.00. The largest absolute Gasteiger partial charge is 0.326 e. The zero-order valence-corrected chi connectivity index (χ0v) is 8.01. The molecule has 0 amide bonds. The lowest BCUT2D eigenvalue weighted by molar-refractivity contribution is 0.840. The topological polar surface area (TPSA) is 56.7 Å². The molecule has 4 heteroatoms. The third kappa shape index (κ3) is 1.65. The van der Waals surface area contributed by atoms with Gasteiger partial charge in [0.25, 0.3) is 0 Å². The molecule has 0 atom stereocenters. The second kappa shape index (κ2) is 3.59. The molecule has 2 N–H and O–H groups in total. The molecule has 0 bridgehead atoms. The molecular weight excluding hydrogens is 176 g/mol. The molecule has 0 radical (unpaired) electrons. The second-order valence-corrected chi connectivity index (χ2v) is 3.13. The molecule has 72 valence electrons. The summed E-state index contributed by atoms with van der Waals surface area (Å²) in [6.07, 6.45) is 3.64. The predicted octanol–water partition coefficient (Wildman–Crippen LogP) is 1.03. The highest BCUT2D eigenvalue weighted by atomic mass is 15.3. The first kappa shape index (κ1) is 8.90. The molecule has 0 spiro atoms. The van der Waals surface area contributed by atoms with Crippen molar-refractivity contribution in [1.29, 1.82) is 0 Å². The molecule has 0 aliphatic carbocycles. The lowest BCUT2D eigenvalue weighted by Crippen LogP contribution is -1.99. The molecule has 0 fully saturated rings. The summed E-state index contributed by atoms with van der Waals surface area (Å²) in [6.45, 7) is 2.46. The fourth-order valence-corrected chi connectivity index (χ4v) is 1.25. The van der Waals surface area contributed by atoms with Crippen molar-refractivity contribution in [2.45, 2.75) is 13.5 Å². The van der Waals surface area contributed by atoms with Gasteiger partial charge in [0, 0.05) is 24.0 Å². The van der Waals surface area contributed by atoms with E-state index in [2.05, 4.69) is 10.1 Å². The third-order valence-electron chi connectivity index (χ3n) is 1.98.